The van der Waals surface area contributed by atoms with E-state index in [0.29, 0.717) is 6.54 Å². The fraction of sp³-hybridized carbons (Fsp3) is 0.316. The number of rotatable bonds is 7. The molecule has 3 N–H and O–H groups in total. The van der Waals surface area contributed by atoms with Gasteiger partial charge in [-0.3, -0.25) is 4.99 Å². The Bertz CT molecular complexity index is 837. The number of hydrogen-bond acceptors (Lipinski definition) is 4. The SMILES string of the molecule is CCc1cnc(CCNC(=NC)NCc2ncc(-c3ccccc3)[nH]2)s1. The molecule has 0 bridgehead atoms. The van der Waals surface area contributed by atoms with Gasteiger partial charge in [-0.1, -0.05) is 37.3 Å². The number of aryl methyl sites for hydroxylation is 1. The van der Waals surface area contributed by atoms with Crippen molar-refractivity contribution in [1.29, 1.82) is 0 Å². The molecule has 0 saturated heterocycles. The van der Waals surface area contributed by atoms with Crippen molar-refractivity contribution in [3.05, 3.63) is 58.4 Å². The van der Waals surface area contributed by atoms with Crippen molar-refractivity contribution in [3.63, 3.8) is 0 Å². The number of benzene rings is 1. The van der Waals surface area contributed by atoms with Crippen molar-refractivity contribution in [2.75, 3.05) is 13.6 Å². The van der Waals surface area contributed by atoms with E-state index in [2.05, 4.69) is 49.6 Å². The minimum Gasteiger partial charge on any atom is -0.356 e. The summed E-state index contributed by atoms with van der Waals surface area (Å²) >= 11 is 1.78. The molecule has 0 fully saturated rings. The number of nitrogens with one attached hydrogen (secondary N) is 3. The third kappa shape index (κ3) is 4.92. The summed E-state index contributed by atoms with van der Waals surface area (Å²) in [4.78, 5) is 17.8. The third-order valence-electron chi connectivity index (χ3n) is 3.94. The number of thiazole rings is 1. The van der Waals surface area contributed by atoms with Crippen LogP contribution >= 0.6 is 11.3 Å². The molecular weight excluding hydrogens is 344 g/mol. The summed E-state index contributed by atoms with van der Waals surface area (Å²) in [6.45, 7) is 3.53. The van der Waals surface area contributed by atoms with Crippen LogP contribution in [0.1, 0.15) is 22.6 Å². The van der Waals surface area contributed by atoms with Crippen molar-refractivity contribution in [3.8, 4) is 11.3 Å². The quantitative estimate of drug-likeness (QED) is 0.442. The molecule has 0 aliphatic heterocycles. The van der Waals surface area contributed by atoms with E-state index in [1.807, 2.05) is 30.6 Å². The number of nitrogens with zero attached hydrogens (tertiary/aromatic N) is 3. The zero-order valence-corrected chi connectivity index (χ0v) is 15.9. The molecule has 0 aliphatic carbocycles. The van der Waals surface area contributed by atoms with E-state index in [0.717, 1.165) is 47.4 Å². The van der Waals surface area contributed by atoms with Gasteiger partial charge in [-0.25, -0.2) is 9.97 Å². The van der Waals surface area contributed by atoms with Crippen LogP contribution in [0.25, 0.3) is 11.3 Å². The third-order valence-corrected chi connectivity index (χ3v) is 5.14. The number of hydrogen-bond donors (Lipinski definition) is 3. The maximum atomic E-state index is 4.44. The van der Waals surface area contributed by atoms with Gasteiger partial charge in [0.15, 0.2) is 5.96 Å². The lowest BCUT2D eigenvalue weighted by molar-refractivity contribution is 0.772. The van der Waals surface area contributed by atoms with Crippen molar-refractivity contribution < 1.29 is 0 Å². The summed E-state index contributed by atoms with van der Waals surface area (Å²) in [5, 5.41) is 7.75. The first-order valence-electron chi connectivity index (χ1n) is 8.76. The first kappa shape index (κ1) is 18.1. The Morgan fingerprint density at radius 1 is 1.15 bits per heavy atom. The molecule has 136 valence electrons. The first-order valence-corrected chi connectivity index (χ1v) is 9.57. The highest BCUT2D eigenvalue weighted by Gasteiger charge is 2.05. The molecule has 3 aromatic rings. The summed E-state index contributed by atoms with van der Waals surface area (Å²) < 4.78 is 0. The van der Waals surface area contributed by atoms with Gasteiger partial charge in [0.25, 0.3) is 0 Å². The van der Waals surface area contributed by atoms with Gasteiger partial charge in [-0.05, 0) is 12.0 Å². The standard InChI is InChI=1S/C19H24N6S/c1-3-15-11-23-18(26-15)9-10-21-19(20-2)24-13-17-22-12-16(25-17)14-7-5-4-6-8-14/h4-8,11-12H,3,9-10,13H2,1-2H3,(H,22,25)(H2,20,21,24). The lowest BCUT2D eigenvalue weighted by Crippen LogP contribution is -2.38. The van der Waals surface area contributed by atoms with E-state index in [1.165, 1.54) is 4.88 Å². The van der Waals surface area contributed by atoms with E-state index < -0.39 is 0 Å². The van der Waals surface area contributed by atoms with Crippen LogP contribution in [0, 0.1) is 0 Å². The van der Waals surface area contributed by atoms with Crippen LogP contribution in [0.5, 0.6) is 0 Å². The summed E-state index contributed by atoms with van der Waals surface area (Å²) in [5.41, 5.74) is 2.14. The molecule has 1 aromatic carbocycles. The van der Waals surface area contributed by atoms with E-state index >= 15 is 0 Å². The highest BCUT2D eigenvalue weighted by molar-refractivity contribution is 7.11. The lowest BCUT2D eigenvalue weighted by atomic mass is 10.2. The molecule has 0 atom stereocenters. The Labute approximate surface area is 157 Å². The van der Waals surface area contributed by atoms with Crippen LogP contribution < -0.4 is 10.6 Å². The van der Waals surface area contributed by atoms with E-state index in [4.69, 9.17) is 0 Å². The topological polar surface area (TPSA) is 78.0 Å². The average molecular weight is 369 g/mol. The Morgan fingerprint density at radius 2 is 2.00 bits per heavy atom. The summed E-state index contributed by atoms with van der Waals surface area (Å²) in [6.07, 6.45) is 5.76. The second kappa shape index (κ2) is 9.15. The van der Waals surface area contributed by atoms with Crippen LogP contribution in [0.15, 0.2) is 47.7 Å². The monoisotopic (exact) mass is 368 g/mol. The Morgan fingerprint density at radius 3 is 2.73 bits per heavy atom. The number of guanidine groups is 1. The first-order chi connectivity index (χ1) is 12.8. The van der Waals surface area contributed by atoms with Crippen molar-refractivity contribution in [1.82, 2.24) is 25.6 Å². The van der Waals surface area contributed by atoms with Gasteiger partial charge >= 0.3 is 0 Å². The smallest absolute Gasteiger partial charge is 0.191 e. The zero-order chi connectivity index (χ0) is 18.2. The Balaban J connectivity index is 1.46. The maximum absolute atomic E-state index is 4.44. The van der Waals surface area contributed by atoms with Crippen molar-refractivity contribution in [2.45, 2.75) is 26.3 Å². The van der Waals surface area contributed by atoms with Crippen molar-refractivity contribution in [2.24, 2.45) is 4.99 Å². The molecule has 2 heterocycles. The largest absolute Gasteiger partial charge is 0.356 e. The Kier molecular flexibility index (Phi) is 6.38. The molecule has 0 aliphatic rings. The minimum absolute atomic E-state index is 0.587. The fourth-order valence-corrected chi connectivity index (χ4v) is 3.38. The molecular formula is C19H24N6S. The number of aromatic amines is 1. The van der Waals surface area contributed by atoms with Gasteiger partial charge in [0.05, 0.1) is 23.4 Å². The molecule has 0 unspecified atom stereocenters. The normalized spacial score (nSPS) is 11.5. The molecule has 0 radical (unpaired) electrons. The van der Waals surface area contributed by atoms with Crippen LogP contribution in [0.4, 0.5) is 0 Å². The fourth-order valence-electron chi connectivity index (χ4n) is 2.52. The molecule has 2 aromatic heterocycles. The summed E-state index contributed by atoms with van der Waals surface area (Å²) in [7, 11) is 1.77. The molecule has 7 heteroatoms. The van der Waals surface area contributed by atoms with E-state index in [1.54, 1.807) is 18.4 Å². The Hall–Kier alpha value is -2.67. The number of H-pyrrole nitrogens is 1. The summed E-state index contributed by atoms with van der Waals surface area (Å²) in [6, 6.07) is 10.2. The lowest BCUT2D eigenvalue weighted by Gasteiger charge is -2.10. The maximum Gasteiger partial charge on any atom is 0.191 e. The highest BCUT2D eigenvalue weighted by Crippen LogP contribution is 2.16. The van der Waals surface area contributed by atoms with Crippen LogP contribution in [-0.4, -0.2) is 34.5 Å². The molecule has 6 nitrogen and oxygen atoms in total. The number of aromatic nitrogens is 3. The van der Waals surface area contributed by atoms with Crippen LogP contribution in [0.3, 0.4) is 0 Å². The van der Waals surface area contributed by atoms with Crippen LogP contribution in [0.2, 0.25) is 0 Å². The number of aliphatic imine (C=N–C) groups is 1. The molecule has 26 heavy (non-hydrogen) atoms. The second-order valence-corrected chi connectivity index (χ2v) is 6.99. The van der Waals surface area contributed by atoms with Crippen molar-refractivity contribution >= 4 is 17.3 Å². The van der Waals surface area contributed by atoms with Gasteiger partial charge in [0.1, 0.15) is 5.82 Å². The second-order valence-electron chi connectivity index (χ2n) is 5.79. The van der Waals surface area contributed by atoms with Gasteiger partial charge < -0.3 is 15.6 Å². The zero-order valence-electron chi connectivity index (χ0n) is 15.1. The van der Waals surface area contributed by atoms with Crippen LogP contribution in [-0.2, 0) is 19.4 Å². The van der Waals surface area contributed by atoms with E-state index in [-0.39, 0.29) is 0 Å². The van der Waals surface area contributed by atoms with Gasteiger partial charge in [-0.2, -0.15) is 0 Å². The van der Waals surface area contributed by atoms with Gasteiger partial charge in [0, 0.05) is 31.1 Å². The molecule has 3 rings (SSSR count). The molecule has 0 amide bonds. The average Bonchev–Trinajstić information content (AvgIpc) is 3.34. The minimum atomic E-state index is 0.587. The highest BCUT2D eigenvalue weighted by atomic mass is 32.1. The van der Waals surface area contributed by atoms with Gasteiger partial charge in [0.2, 0.25) is 0 Å². The summed E-state index contributed by atoms with van der Waals surface area (Å²) in [5.74, 6) is 1.63. The number of imidazole rings is 1. The van der Waals surface area contributed by atoms with E-state index in [9.17, 15) is 0 Å². The predicted octanol–water partition coefficient (Wildman–Crippen LogP) is 3.00. The van der Waals surface area contributed by atoms with Gasteiger partial charge in [-0.15, -0.1) is 11.3 Å². The molecule has 0 saturated carbocycles. The predicted molar refractivity (Wildman–Crippen MR) is 107 cm³/mol. The molecule has 0 spiro atoms.